The van der Waals surface area contributed by atoms with Gasteiger partial charge >= 0.3 is 6.18 Å². The lowest BCUT2D eigenvalue weighted by Gasteiger charge is -2.22. The molecule has 0 fully saturated rings. The molecule has 4 nitrogen and oxygen atoms in total. The summed E-state index contributed by atoms with van der Waals surface area (Å²) in [6.07, 6.45) is -4.34. The number of amides is 1. The Kier molecular flexibility index (Phi) is 8.21. The Morgan fingerprint density at radius 2 is 1.75 bits per heavy atom. The average molecular weight is 346 g/mol. The van der Waals surface area contributed by atoms with Crippen molar-refractivity contribution in [2.24, 2.45) is 5.92 Å². The van der Waals surface area contributed by atoms with Gasteiger partial charge in [-0.25, -0.2) is 0 Å². The summed E-state index contributed by atoms with van der Waals surface area (Å²) in [7, 11) is 0. The molecule has 0 saturated heterocycles. The van der Waals surface area contributed by atoms with E-state index in [1.54, 1.807) is 13.8 Å². The number of benzene rings is 1. The molecule has 0 spiro atoms. The Morgan fingerprint density at radius 3 is 2.25 bits per heavy atom. The quantitative estimate of drug-likeness (QED) is 0.723. The molecule has 1 rings (SSSR count). The molecule has 1 aromatic rings. The molecule has 24 heavy (non-hydrogen) atoms. The lowest BCUT2D eigenvalue weighted by atomic mass is 10.0. The van der Waals surface area contributed by atoms with Crippen LogP contribution in [0, 0.1) is 5.92 Å². The molecule has 0 bridgehead atoms. The molecule has 7 heteroatoms. The molecule has 0 aromatic heterocycles. The minimum atomic E-state index is -4.34. The highest BCUT2D eigenvalue weighted by Gasteiger charge is 2.31. The number of halogens is 3. The van der Waals surface area contributed by atoms with Crippen molar-refractivity contribution >= 4 is 5.91 Å². The van der Waals surface area contributed by atoms with E-state index in [9.17, 15) is 18.0 Å². The van der Waals surface area contributed by atoms with Crippen LogP contribution in [0.15, 0.2) is 24.3 Å². The Balaban J connectivity index is 2.52. The van der Waals surface area contributed by atoms with Crippen molar-refractivity contribution in [2.45, 2.75) is 46.1 Å². The van der Waals surface area contributed by atoms with Gasteiger partial charge in [-0.05, 0) is 24.0 Å². The lowest BCUT2D eigenvalue weighted by Crippen LogP contribution is -2.49. The van der Waals surface area contributed by atoms with E-state index in [0.29, 0.717) is 13.2 Å². The summed E-state index contributed by atoms with van der Waals surface area (Å²) in [5.74, 6) is -0.687. The third kappa shape index (κ3) is 7.79. The van der Waals surface area contributed by atoms with Gasteiger partial charge in [0, 0.05) is 13.2 Å². The van der Waals surface area contributed by atoms with Crippen LogP contribution in [0.2, 0.25) is 0 Å². The number of rotatable bonds is 9. The zero-order valence-electron chi connectivity index (χ0n) is 14.2. The third-order valence-electron chi connectivity index (χ3n) is 3.43. The van der Waals surface area contributed by atoms with Crippen molar-refractivity contribution in [3.8, 4) is 0 Å². The predicted molar refractivity (Wildman–Crippen MR) is 86.3 cm³/mol. The number of hydrogen-bond acceptors (Lipinski definition) is 3. The van der Waals surface area contributed by atoms with Crippen LogP contribution in [-0.4, -0.2) is 31.3 Å². The Labute approximate surface area is 140 Å². The van der Waals surface area contributed by atoms with Gasteiger partial charge in [-0.15, -0.1) is 0 Å². The maximum atomic E-state index is 12.3. The van der Waals surface area contributed by atoms with Crippen LogP contribution in [-0.2, 0) is 22.7 Å². The fraction of sp³-hybridized carbons (Fsp3) is 0.588. The monoisotopic (exact) mass is 346 g/mol. The van der Waals surface area contributed by atoms with Crippen molar-refractivity contribution in [3.63, 3.8) is 0 Å². The van der Waals surface area contributed by atoms with Gasteiger partial charge in [0.1, 0.15) is 0 Å². The Morgan fingerprint density at radius 1 is 1.17 bits per heavy atom. The molecular weight excluding hydrogens is 321 g/mol. The van der Waals surface area contributed by atoms with E-state index in [1.165, 1.54) is 0 Å². The summed E-state index contributed by atoms with van der Waals surface area (Å²) in [5, 5.41) is 4.95. The second-order valence-corrected chi connectivity index (χ2v) is 5.89. The molecule has 0 aliphatic rings. The van der Waals surface area contributed by atoms with Crippen molar-refractivity contribution in [1.82, 2.24) is 10.6 Å². The van der Waals surface area contributed by atoms with Crippen molar-refractivity contribution in [1.29, 1.82) is 0 Å². The predicted octanol–water partition coefficient (Wildman–Crippen LogP) is 3.02. The summed E-state index contributed by atoms with van der Waals surface area (Å²) >= 11 is 0. The van der Waals surface area contributed by atoms with Crippen LogP contribution < -0.4 is 10.6 Å². The molecule has 1 aromatic carbocycles. The first-order valence-electron chi connectivity index (χ1n) is 7.96. The summed E-state index contributed by atoms with van der Waals surface area (Å²) in [6, 6.07) is 6.64. The Bertz CT molecular complexity index is 502. The minimum absolute atomic E-state index is 0.249. The fourth-order valence-electron chi connectivity index (χ4n) is 2.13. The molecule has 2 N–H and O–H groups in total. The van der Waals surface area contributed by atoms with Crippen LogP contribution in [0.4, 0.5) is 13.2 Å². The molecular formula is C17H25F3N2O2. The topological polar surface area (TPSA) is 50.4 Å². The fourth-order valence-corrected chi connectivity index (χ4v) is 2.13. The van der Waals surface area contributed by atoms with Crippen LogP contribution in [0.25, 0.3) is 0 Å². The minimum Gasteiger partial charge on any atom is -0.377 e. The van der Waals surface area contributed by atoms with E-state index in [-0.39, 0.29) is 12.5 Å². The Hall–Kier alpha value is -1.60. The first-order chi connectivity index (χ1) is 11.2. The van der Waals surface area contributed by atoms with E-state index < -0.39 is 24.7 Å². The van der Waals surface area contributed by atoms with Crippen molar-refractivity contribution in [3.05, 3.63) is 35.4 Å². The van der Waals surface area contributed by atoms with Gasteiger partial charge in [0.15, 0.2) is 0 Å². The van der Waals surface area contributed by atoms with E-state index in [1.807, 2.05) is 31.2 Å². The van der Waals surface area contributed by atoms with Crippen LogP contribution in [0.5, 0.6) is 0 Å². The highest BCUT2D eigenvalue weighted by Crippen LogP contribution is 2.14. The normalized spacial score (nSPS) is 13.1. The first-order valence-corrected chi connectivity index (χ1v) is 7.96. The molecule has 1 atom stereocenters. The lowest BCUT2D eigenvalue weighted by molar-refractivity contribution is -0.133. The van der Waals surface area contributed by atoms with E-state index in [0.717, 1.165) is 11.1 Å². The SMILES string of the molecule is CCOCc1ccc(CNC(=O)C(NCC(F)(F)F)C(C)C)cc1. The molecule has 0 aliphatic heterocycles. The van der Waals surface area contributed by atoms with Crippen LogP contribution in [0.1, 0.15) is 31.9 Å². The smallest absolute Gasteiger partial charge is 0.377 e. The van der Waals surface area contributed by atoms with Gasteiger partial charge in [-0.3, -0.25) is 10.1 Å². The second-order valence-electron chi connectivity index (χ2n) is 5.89. The number of hydrogen-bond donors (Lipinski definition) is 2. The molecule has 0 radical (unpaired) electrons. The second kappa shape index (κ2) is 9.64. The van der Waals surface area contributed by atoms with Gasteiger partial charge in [-0.2, -0.15) is 13.2 Å². The van der Waals surface area contributed by atoms with Gasteiger partial charge in [0.2, 0.25) is 5.91 Å². The number of carbonyl (C=O) groups is 1. The summed E-state index contributed by atoms with van der Waals surface area (Å²) in [6.45, 7) is 5.58. The largest absolute Gasteiger partial charge is 0.401 e. The highest BCUT2D eigenvalue weighted by atomic mass is 19.4. The first kappa shape index (κ1) is 20.4. The van der Waals surface area contributed by atoms with Gasteiger partial charge in [0.25, 0.3) is 0 Å². The van der Waals surface area contributed by atoms with Crippen molar-refractivity contribution < 1.29 is 22.7 Å². The molecule has 0 aliphatic carbocycles. The zero-order chi connectivity index (χ0) is 18.2. The number of ether oxygens (including phenoxy) is 1. The third-order valence-corrected chi connectivity index (χ3v) is 3.43. The van der Waals surface area contributed by atoms with Crippen LogP contribution >= 0.6 is 0 Å². The summed E-state index contributed by atoms with van der Waals surface area (Å²) in [5.41, 5.74) is 1.90. The summed E-state index contributed by atoms with van der Waals surface area (Å²) < 4.78 is 42.2. The highest BCUT2D eigenvalue weighted by molar-refractivity contribution is 5.82. The average Bonchev–Trinajstić information content (AvgIpc) is 2.50. The molecule has 136 valence electrons. The van der Waals surface area contributed by atoms with E-state index in [4.69, 9.17) is 4.74 Å². The number of nitrogens with one attached hydrogen (secondary N) is 2. The van der Waals surface area contributed by atoms with E-state index in [2.05, 4.69) is 10.6 Å². The summed E-state index contributed by atoms with van der Waals surface area (Å²) in [4.78, 5) is 12.1. The van der Waals surface area contributed by atoms with Gasteiger partial charge in [-0.1, -0.05) is 38.1 Å². The molecule has 1 amide bonds. The van der Waals surface area contributed by atoms with Gasteiger partial charge in [0.05, 0.1) is 19.2 Å². The molecule has 1 unspecified atom stereocenters. The maximum Gasteiger partial charge on any atom is 0.401 e. The zero-order valence-corrected chi connectivity index (χ0v) is 14.2. The van der Waals surface area contributed by atoms with Gasteiger partial charge < -0.3 is 10.1 Å². The maximum absolute atomic E-state index is 12.3. The number of alkyl halides is 3. The molecule has 0 heterocycles. The molecule has 0 saturated carbocycles. The van der Waals surface area contributed by atoms with E-state index >= 15 is 0 Å². The van der Waals surface area contributed by atoms with Crippen LogP contribution in [0.3, 0.4) is 0 Å². The standard InChI is InChI=1S/C17H25F3N2O2/c1-4-24-10-14-7-5-13(6-8-14)9-21-16(23)15(12(2)3)22-11-17(18,19)20/h5-8,12,15,22H,4,9-11H2,1-3H3,(H,21,23). The number of carbonyl (C=O) groups excluding carboxylic acids is 1. The van der Waals surface area contributed by atoms with Crippen molar-refractivity contribution in [2.75, 3.05) is 13.2 Å².